The van der Waals surface area contributed by atoms with Crippen molar-refractivity contribution >= 4 is 38.3 Å². The Hall–Kier alpha value is -1.30. The fourth-order valence-electron chi connectivity index (χ4n) is 1.89. The van der Waals surface area contributed by atoms with Crippen molar-refractivity contribution in [2.45, 2.75) is 6.10 Å². The highest BCUT2D eigenvalue weighted by Crippen LogP contribution is 2.33. The maximum Gasteiger partial charge on any atom is 0.108 e. The molecule has 2 aromatic heterocycles. The summed E-state index contributed by atoms with van der Waals surface area (Å²) in [5, 5.41) is 14.4. The molecule has 3 rings (SSSR count). The van der Waals surface area contributed by atoms with E-state index in [1.165, 1.54) is 0 Å². The van der Waals surface area contributed by atoms with Gasteiger partial charge in [0.15, 0.2) is 0 Å². The minimum Gasteiger partial charge on any atom is -0.384 e. The number of rotatable bonds is 2. The zero-order valence-corrected chi connectivity index (χ0v) is 11.6. The molecule has 1 unspecified atom stereocenters. The van der Waals surface area contributed by atoms with Crippen LogP contribution in [0.5, 0.6) is 0 Å². The van der Waals surface area contributed by atoms with E-state index in [1.807, 2.05) is 29.0 Å². The average molecular weight is 321 g/mol. The zero-order valence-electron chi connectivity index (χ0n) is 9.25. The fraction of sp³-hybridized carbons (Fsp3) is 0.0769. The summed E-state index contributed by atoms with van der Waals surface area (Å²) in [5.41, 5.74) is 3.17. The first kappa shape index (κ1) is 11.8. The number of aliphatic hydroxyl groups is 1. The molecular weight excluding hydrogens is 312 g/mol. The van der Waals surface area contributed by atoms with Gasteiger partial charge in [0.05, 0.1) is 11.0 Å². The van der Waals surface area contributed by atoms with Crippen LogP contribution in [0.2, 0.25) is 0 Å². The van der Waals surface area contributed by atoms with Crippen molar-refractivity contribution in [3.8, 4) is 0 Å². The minimum absolute atomic E-state index is 0.689. The Labute approximate surface area is 116 Å². The van der Waals surface area contributed by atoms with Crippen molar-refractivity contribution in [1.82, 2.24) is 9.97 Å². The van der Waals surface area contributed by atoms with Crippen LogP contribution in [0.15, 0.2) is 45.8 Å². The van der Waals surface area contributed by atoms with Gasteiger partial charge in [0.2, 0.25) is 0 Å². The molecule has 5 heteroatoms. The summed E-state index contributed by atoms with van der Waals surface area (Å²) in [7, 11) is 0. The van der Waals surface area contributed by atoms with Crippen molar-refractivity contribution < 1.29 is 5.11 Å². The standard InChI is InChI=1S/C13H9BrN2OS/c14-10-7-18-6-9(10)13(17)8-2-1-3-11-12(8)16-5-4-15-11/h1-7,13,17H. The molecule has 0 aliphatic heterocycles. The Balaban J connectivity index is 2.18. The van der Waals surface area contributed by atoms with Crippen molar-refractivity contribution in [2.75, 3.05) is 0 Å². The molecule has 0 saturated carbocycles. The summed E-state index contributed by atoms with van der Waals surface area (Å²) in [4.78, 5) is 8.55. The molecule has 0 spiro atoms. The number of hydrogen-bond donors (Lipinski definition) is 1. The van der Waals surface area contributed by atoms with Crippen LogP contribution in [0.3, 0.4) is 0 Å². The normalized spacial score (nSPS) is 12.8. The van der Waals surface area contributed by atoms with Crippen LogP contribution in [0.4, 0.5) is 0 Å². The molecular formula is C13H9BrN2OS. The van der Waals surface area contributed by atoms with E-state index in [0.717, 1.165) is 26.6 Å². The summed E-state index contributed by atoms with van der Waals surface area (Å²) in [6, 6.07) is 5.66. The summed E-state index contributed by atoms with van der Waals surface area (Å²) >= 11 is 4.99. The molecule has 3 aromatic rings. The molecule has 1 N–H and O–H groups in total. The van der Waals surface area contributed by atoms with Gasteiger partial charge in [-0.2, -0.15) is 11.3 Å². The third-order valence-corrected chi connectivity index (χ3v) is 4.51. The number of hydrogen-bond acceptors (Lipinski definition) is 4. The van der Waals surface area contributed by atoms with E-state index in [9.17, 15) is 5.11 Å². The molecule has 2 heterocycles. The average Bonchev–Trinajstić information content (AvgIpc) is 2.83. The number of aromatic nitrogens is 2. The number of halogens is 1. The monoisotopic (exact) mass is 320 g/mol. The number of para-hydroxylation sites is 1. The molecule has 0 bridgehead atoms. The van der Waals surface area contributed by atoms with Crippen LogP contribution in [0.1, 0.15) is 17.2 Å². The Morgan fingerprint density at radius 2 is 1.94 bits per heavy atom. The van der Waals surface area contributed by atoms with E-state index in [1.54, 1.807) is 23.7 Å². The third-order valence-electron chi connectivity index (χ3n) is 2.76. The second-order valence-electron chi connectivity index (χ2n) is 3.85. The lowest BCUT2D eigenvalue weighted by Gasteiger charge is -2.12. The lowest BCUT2D eigenvalue weighted by atomic mass is 10.0. The molecule has 3 nitrogen and oxygen atoms in total. The van der Waals surface area contributed by atoms with E-state index in [-0.39, 0.29) is 0 Å². The van der Waals surface area contributed by atoms with Crippen molar-refractivity contribution in [1.29, 1.82) is 0 Å². The van der Waals surface area contributed by atoms with Gasteiger partial charge in [-0.15, -0.1) is 0 Å². The predicted octanol–water partition coefficient (Wildman–Crippen LogP) is 3.54. The van der Waals surface area contributed by atoms with Gasteiger partial charge in [-0.3, -0.25) is 9.97 Å². The Morgan fingerprint density at radius 3 is 2.72 bits per heavy atom. The van der Waals surface area contributed by atoms with E-state index in [4.69, 9.17) is 0 Å². The number of fused-ring (bicyclic) bond motifs is 1. The number of aliphatic hydroxyl groups excluding tert-OH is 1. The maximum absolute atomic E-state index is 10.5. The van der Waals surface area contributed by atoms with Gasteiger partial charge in [-0.25, -0.2) is 0 Å². The van der Waals surface area contributed by atoms with E-state index < -0.39 is 6.10 Å². The first-order chi connectivity index (χ1) is 8.77. The summed E-state index contributed by atoms with van der Waals surface area (Å²) < 4.78 is 0.917. The number of nitrogens with zero attached hydrogens (tertiary/aromatic N) is 2. The van der Waals surface area contributed by atoms with Crippen LogP contribution in [0.25, 0.3) is 11.0 Å². The SMILES string of the molecule is OC(c1cscc1Br)c1cccc2nccnc12. The molecule has 0 saturated heterocycles. The predicted molar refractivity (Wildman–Crippen MR) is 75.6 cm³/mol. The van der Waals surface area contributed by atoms with Crippen molar-refractivity contribution in [2.24, 2.45) is 0 Å². The zero-order chi connectivity index (χ0) is 12.5. The van der Waals surface area contributed by atoms with Gasteiger partial charge in [0, 0.05) is 33.4 Å². The highest BCUT2D eigenvalue weighted by Gasteiger charge is 2.17. The fourth-order valence-corrected chi connectivity index (χ4v) is 3.42. The van der Waals surface area contributed by atoms with Crippen LogP contribution in [-0.4, -0.2) is 15.1 Å². The molecule has 1 atom stereocenters. The quantitative estimate of drug-likeness (QED) is 0.785. The van der Waals surface area contributed by atoms with Crippen LogP contribution in [0, 0.1) is 0 Å². The van der Waals surface area contributed by atoms with Crippen molar-refractivity contribution in [3.05, 3.63) is 57.0 Å². The van der Waals surface area contributed by atoms with Crippen LogP contribution < -0.4 is 0 Å². The van der Waals surface area contributed by atoms with Gasteiger partial charge in [-0.05, 0) is 27.4 Å². The third kappa shape index (κ3) is 1.94. The van der Waals surface area contributed by atoms with E-state index in [2.05, 4.69) is 25.9 Å². The molecule has 0 fully saturated rings. The molecule has 18 heavy (non-hydrogen) atoms. The van der Waals surface area contributed by atoms with E-state index >= 15 is 0 Å². The maximum atomic E-state index is 10.5. The second kappa shape index (κ2) is 4.76. The van der Waals surface area contributed by atoms with Crippen molar-refractivity contribution in [3.63, 3.8) is 0 Å². The molecule has 0 aliphatic rings. The van der Waals surface area contributed by atoms with Gasteiger partial charge in [-0.1, -0.05) is 12.1 Å². The number of thiophene rings is 1. The summed E-state index contributed by atoms with van der Waals surface area (Å²) in [6.07, 6.45) is 2.60. The highest BCUT2D eigenvalue weighted by molar-refractivity contribution is 9.10. The minimum atomic E-state index is -0.689. The molecule has 90 valence electrons. The smallest absolute Gasteiger partial charge is 0.108 e. The van der Waals surface area contributed by atoms with Crippen LogP contribution >= 0.6 is 27.3 Å². The Kier molecular flexibility index (Phi) is 3.11. The molecule has 0 aliphatic carbocycles. The molecule has 1 aromatic carbocycles. The van der Waals surface area contributed by atoms with Gasteiger partial charge in [0.1, 0.15) is 6.10 Å². The highest BCUT2D eigenvalue weighted by atomic mass is 79.9. The first-order valence-electron chi connectivity index (χ1n) is 5.36. The number of benzene rings is 1. The molecule has 0 amide bonds. The lowest BCUT2D eigenvalue weighted by molar-refractivity contribution is 0.221. The van der Waals surface area contributed by atoms with E-state index in [0.29, 0.717) is 0 Å². The lowest BCUT2D eigenvalue weighted by Crippen LogP contribution is -2.01. The van der Waals surface area contributed by atoms with Gasteiger partial charge < -0.3 is 5.11 Å². The van der Waals surface area contributed by atoms with Gasteiger partial charge >= 0.3 is 0 Å². The molecule has 0 radical (unpaired) electrons. The summed E-state index contributed by atoms with van der Waals surface area (Å²) in [5.74, 6) is 0. The topological polar surface area (TPSA) is 46.0 Å². The first-order valence-corrected chi connectivity index (χ1v) is 7.10. The summed E-state index contributed by atoms with van der Waals surface area (Å²) in [6.45, 7) is 0. The Bertz CT molecular complexity index is 693. The van der Waals surface area contributed by atoms with Gasteiger partial charge in [0.25, 0.3) is 0 Å². The largest absolute Gasteiger partial charge is 0.384 e. The van der Waals surface area contributed by atoms with Crippen LogP contribution in [-0.2, 0) is 0 Å². The second-order valence-corrected chi connectivity index (χ2v) is 5.45. The Morgan fingerprint density at radius 1 is 1.11 bits per heavy atom.